The smallest absolute Gasteiger partial charge is 0.417 e. The molecule has 0 atom stereocenters. The van der Waals surface area contributed by atoms with Crippen molar-refractivity contribution in [2.24, 2.45) is 7.05 Å². The number of hydrogen-bond acceptors (Lipinski definition) is 4. The third-order valence-electron chi connectivity index (χ3n) is 3.80. The molecule has 8 heteroatoms. The van der Waals surface area contributed by atoms with Crippen LogP contribution in [0, 0.1) is 6.92 Å². The quantitative estimate of drug-likeness (QED) is 0.770. The van der Waals surface area contributed by atoms with E-state index in [1.54, 1.807) is 38.2 Å². The Kier molecular flexibility index (Phi) is 3.81. The Balaban J connectivity index is 2.65. The second kappa shape index (κ2) is 5.68. The number of benzene rings is 1. The molecule has 3 rings (SSSR count). The largest absolute Gasteiger partial charge is 0.491 e. The number of carbonyl (C=O) groups is 1. The summed E-state index contributed by atoms with van der Waals surface area (Å²) in [6.45, 7) is 1.64. The number of methoxy groups -OCH3 is 1. The average Bonchev–Trinajstić information content (AvgIpc) is 2.82. The predicted octanol–water partition coefficient (Wildman–Crippen LogP) is 2.90. The summed E-state index contributed by atoms with van der Waals surface area (Å²) in [5.74, 6) is -0.0888. The van der Waals surface area contributed by atoms with Crippen LogP contribution in [0.3, 0.4) is 0 Å². The summed E-state index contributed by atoms with van der Waals surface area (Å²) >= 11 is 6.23. The maximum atomic E-state index is 12.8. The van der Waals surface area contributed by atoms with Gasteiger partial charge in [-0.2, -0.15) is 5.10 Å². The van der Waals surface area contributed by atoms with Crippen LogP contribution in [-0.2, 0) is 7.05 Å². The first-order valence-corrected chi connectivity index (χ1v) is 7.40. The van der Waals surface area contributed by atoms with Crippen molar-refractivity contribution in [1.82, 2.24) is 14.3 Å². The van der Waals surface area contributed by atoms with Crippen LogP contribution in [0.4, 0.5) is 4.79 Å². The lowest BCUT2D eigenvalue weighted by molar-refractivity contribution is 0.197. The van der Waals surface area contributed by atoms with Gasteiger partial charge in [-0.05, 0) is 13.0 Å². The molecule has 0 aliphatic carbocycles. The van der Waals surface area contributed by atoms with Gasteiger partial charge < -0.3 is 9.84 Å². The van der Waals surface area contributed by atoms with E-state index in [0.29, 0.717) is 16.3 Å². The molecule has 0 aliphatic rings. The molecule has 124 valence electrons. The van der Waals surface area contributed by atoms with Crippen molar-refractivity contribution in [3.05, 3.63) is 45.2 Å². The Morgan fingerprint density at radius 1 is 1.33 bits per heavy atom. The fourth-order valence-electron chi connectivity index (χ4n) is 2.87. The Morgan fingerprint density at radius 2 is 2.00 bits per heavy atom. The zero-order valence-electron chi connectivity index (χ0n) is 13.2. The second-order valence-corrected chi connectivity index (χ2v) is 5.62. The number of rotatable bonds is 2. The number of pyridine rings is 1. The van der Waals surface area contributed by atoms with Gasteiger partial charge in [0.15, 0.2) is 11.4 Å². The van der Waals surface area contributed by atoms with Gasteiger partial charge >= 0.3 is 6.09 Å². The number of ether oxygens (including phenoxy) is 1. The lowest BCUT2D eigenvalue weighted by Gasteiger charge is -2.16. The van der Waals surface area contributed by atoms with Gasteiger partial charge in [0.2, 0.25) is 5.43 Å². The fraction of sp³-hybridized carbons (Fsp3) is 0.188. The van der Waals surface area contributed by atoms with E-state index in [9.17, 15) is 14.7 Å². The SMILES string of the molecule is COc1c(-c2ccccc2Cl)n(C(=O)O)c2c(c(C)nn2C)c1=O. The molecule has 1 aromatic carbocycles. The highest BCUT2D eigenvalue weighted by molar-refractivity contribution is 6.33. The van der Waals surface area contributed by atoms with Crippen LogP contribution in [0.2, 0.25) is 5.02 Å². The van der Waals surface area contributed by atoms with E-state index in [-0.39, 0.29) is 22.5 Å². The standard InChI is InChI=1S/C16H14ClN3O4/c1-8-11-13(21)14(24-3)12(9-6-4-5-7-10(9)17)20(16(22)23)15(11)19(2)18-8/h4-7H,1-3H3,(H,22,23). The number of aromatic nitrogens is 3. The van der Waals surface area contributed by atoms with Crippen molar-refractivity contribution >= 4 is 28.7 Å². The third kappa shape index (κ3) is 2.16. The number of fused-ring (bicyclic) bond motifs is 1. The summed E-state index contributed by atoms with van der Waals surface area (Å²) < 4.78 is 7.60. The van der Waals surface area contributed by atoms with E-state index in [1.807, 2.05) is 0 Å². The average molecular weight is 348 g/mol. The van der Waals surface area contributed by atoms with Gasteiger partial charge in [-0.3, -0.25) is 9.48 Å². The summed E-state index contributed by atoms with van der Waals surface area (Å²) in [5, 5.41) is 14.5. The highest BCUT2D eigenvalue weighted by Gasteiger charge is 2.27. The Bertz CT molecular complexity index is 1040. The molecule has 2 aromatic heterocycles. The number of aryl methyl sites for hydroxylation is 2. The maximum Gasteiger partial charge on any atom is 0.417 e. The minimum atomic E-state index is -1.27. The Morgan fingerprint density at radius 3 is 2.58 bits per heavy atom. The van der Waals surface area contributed by atoms with Gasteiger partial charge in [0, 0.05) is 12.6 Å². The van der Waals surface area contributed by atoms with E-state index >= 15 is 0 Å². The molecule has 1 N–H and O–H groups in total. The number of nitrogens with zero attached hydrogens (tertiary/aromatic N) is 3. The van der Waals surface area contributed by atoms with Crippen LogP contribution < -0.4 is 10.2 Å². The summed E-state index contributed by atoms with van der Waals surface area (Å²) in [7, 11) is 2.90. The van der Waals surface area contributed by atoms with Crippen molar-refractivity contribution in [1.29, 1.82) is 0 Å². The highest BCUT2D eigenvalue weighted by atomic mass is 35.5. The van der Waals surface area contributed by atoms with Gasteiger partial charge in [0.25, 0.3) is 0 Å². The highest BCUT2D eigenvalue weighted by Crippen LogP contribution is 2.35. The van der Waals surface area contributed by atoms with Gasteiger partial charge in [0.05, 0.1) is 23.2 Å². The molecule has 7 nitrogen and oxygen atoms in total. The first-order chi connectivity index (χ1) is 11.4. The van der Waals surface area contributed by atoms with Crippen LogP contribution in [0.5, 0.6) is 5.75 Å². The lowest BCUT2D eigenvalue weighted by Crippen LogP contribution is -2.21. The molecule has 3 aromatic rings. The van der Waals surface area contributed by atoms with Crippen LogP contribution >= 0.6 is 11.6 Å². The summed E-state index contributed by atoms with van der Waals surface area (Å²) in [4.78, 5) is 24.8. The number of carboxylic acid groups (broad SMARTS) is 1. The summed E-state index contributed by atoms with van der Waals surface area (Å²) in [6, 6.07) is 6.67. The molecule has 0 aliphatic heterocycles. The third-order valence-corrected chi connectivity index (χ3v) is 4.13. The zero-order chi connectivity index (χ0) is 17.6. The van der Waals surface area contributed by atoms with Crippen molar-refractivity contribution in [3.8, 4) is 17.0 Å². The van der Waals surface area contributed by atoms with E-state index < -0.39 is 11.5 Å². The molecule has 24 heavy (non-hydrogen) atoms. The molecule has 0 bridgehead atoms. The first-order valence-electron chi connectivity index (χ1n) is 7.03. The van der Waals surface area contributed by atoms with Crippen LogP contribution in [0.1, 0.15) is 5.69 Å². The van der Waals surface area contributed by atoms with E-state index in [2.05, 4.69) is 5.10 Å². The maximum absolute atomic E-state index is 12.8. The van der Waals surface area contributed by atoms with Crippen LogP contribution in [0.15, 0.2) is 29.1 Å². The molecule has 0 saturated carbocycles. The van der Waals surface area contributed by atoms with Gasteiger partial charge in [0.1, 0.15) is 5.69 Å². The molecule has 0 fully saturated rings. The Labute approximate surface area is 141 Å². The number of hydrogen-bond donors (Lipinski definition) is 1. The molecular weight excluding hydrogens is 334 g/mol. The minimum absolute atomic E-state index is 0.0797. The first kappa shape index (κ1) is 16.1. The van der Waals surface area contributed by atoms with Crippen molar-refractivity contribution in [3.63, 3.8) is 0 Å². The van der Waals surface area contributed by atoms with E-state index in [0.717, 1.165) is 4.57 Å². The van der Waals surface area contributed by atoms with Crippen molar-refractivity contribution in [2.75, 3.05) is 7.11 Å². The van der Waals surface area contributed by atoms with Crippen molar-refractivity contribution < 1.29 is 14.6 Å². The predicted molar refractivity (Wildman–Crippen MR) is 90.1 cm³/mol. The van der Waals surface area contributed by atoms with E-state index in [4.69, 9.17) is 16.3 Å². The van der Waals surface area contributed by atoms with E-state index in [1.165, 1.54) is 11.8 Å². The van der Waals surface area contributed by atoms with Crippen molar-refractivity contribution in [2.45, 2.75) is 6.92 Å². The van der Waals surface area contributed by atoms with Gasteiger partial charge in [-0.15, -0.1) is 0 Å². The van der Waals surface area contributed by atoms with Crippen LogP contribution in [-0.4, -0.2) is 32.7 Å². The molecule has 0 spiro atoms. The Hall–Kier alpha value is -2.80. The van der Waals surface area contributed by atoms with Crippen LogP contribution in [0.25, 0.3) is 22.3 Å². The molecule has 0 saturated heterocycles. The minimum Gasteiger partial charge on any atom is -0.491 e. The molecule has 0 unspecified atom stereocenters. The van der Waals surface area contributed by atoms with Gasteiger partial charge in [-0.25, -0.2) is 9.36 Å². The molecule has 2 heterocycles. The van der Waals surface area contributed by atoms with Gasteiger partial charge in [-0.1, -0.05) is 29.8 Å². The fourth-order valence-corrected chi connectivity index (χ4v) is 3.09. The molecular formula is C16H14ClN3O4. The summed E-state index contributed by atoms with van der Waals surface area (Å²) in [6.07, 6.45) is -1.27. The zero-order valence-corrected chi connectivity index (χ0v) is 14.0. The topological polar surface area (TPSA) is 86.3 Å². The second-order valence-electron chi connectivity index (χ2n) is 5.22. The lowest BCUT2D eigenvalue weighted by atomic mass is 10.1. The molecule has 0 radical (unpaired) electrons. The molecule has 0 amide bonds. The summed E-state index contributed by atoms with van der Waals surface area (Å²) in [5.41, 5.74) is 0.634. The number of halogens is 1. The monoisotopic (exact) mass is 347 g/mol. The normalized spacial score (nSPS) is 11.0.